The summed E-state index contributed by atoms with van der Waals surface area (Å²) in [5, 5.41) is 6.50. The predicted molar refractivity (Wildman–Crippen MR) is 89.5 cm³/mol. The number of pyridine rings is 1. The number of aromatic nitrogens is 1. The molecule has 1 atom stereocenters. The molecule has 1 N–H and O–H groups in total. The smallest absolute Gasteiger partial charge is 0.337 e. The molecule has 0 aliphatic carbocycles. The van der Waals surface area contributed by atoms with Crippen molar-refractivity contribution in [1.29, 1.82) is 0 Å². The highest BCUT2D eigenvalue weighted by Gasteiger charge is 2.39. The Hall–Kier alpha value is -2.66. The number of cyclic esters (lactones) is 1. The van der Waals surface area contributed by atoms with Crippen molar-refractivity contribution in [2.24, 2.45) is 0 Å². The van der Waals surface area contributed by atoms with Gasteiger partial charge in [-0.3, -0.25) is 4.98 Å². The van der Waals surface area contributed by atoms with Gasteiger partial charge in [0.25, 0.3) is 0 Å². The SMILES string of the molecule is O=C1OCC2=C1C(c1cccs1)c1c(ccc3ncccc13)N2. The Balaban J connectivity index is 1.86. The van der Waals surface area contributed by atoms with Crippen LogP contribution in [0.4, 0.5) is 5.69 Å². The number of thiophene rings is 1. The molecule has 0 spiro atoms. The van der Waals surface area contributed by atoms with Crippen molar-refractivity contribution in [3.05, 3.63) is 69.7 Å². The molecular formula is C18H12N2O2S. The molecule has 0 saturated carbocycles. The van der Waals surface area contributed by atoms with Gasteiger partial charge in [0.15, 0.2) is 0 Å². The van der Waals surface area contributed by atoms with Crippen LogP contribution in [0, 0.1) is 0 Å². The van der Waals surface area contributed by atoms with Crippen LogP contribution in [0.1, 0.15) is 16.4 Å². The van der Waals surface area contributed by atoms with Crippen molar-refractivity contribution >= 4 is 33.9 Å². The van der Waals surface area contributed by atoms with Gasteiger partial charge in [-0.15, -0.1) is 11.3 Å². The number of carbonyl (C=O) groups excluding carboxylic acids is 1. The van der Waals surface area contributed by atoms with Gasteiger partial charge in [0.05, 0.1) is 22.7 Å². The molecule has 112 valence electrons. The average molecular weight is 320 g/mol. The molecule has 2 aliphatic heterocycles. The number of fused-ring (bicyclic) bond motifs is 3. The largest absolute Gasteiger partial charge is 0.456 e. The Labute approximate surface area is 136 Å². The first-order chi connectivity index (χ1) is 11.3. The molecule has 0 amide bonds. The van der Waals surface area contributed by atoms with Crippen molar-refractivity contribution in [3.63, 3.8) is 0 Å². The van der Waals surface area contributed by atoms with Crippen LogP contribution in [0.2, 0.25) is 0 Å². The number of hydrogen-bond donors (Lipinski definition) is 1. The maximum Gasteiger partial charge on any atom is 0.337 e. The normalized spacial score (nSPS) is 19.3. The van der Waals surface area contributed by atoms with E-state index in [4.69, 9.17) is 4.74 Å². The fraction of sp³-hybridized carbons (Fsp3) is 0.111. The number of nitrogens with zero attached hydrogens (tertiary/aromatic N) is 1. The summed E-state index contributed by atoms with van der Waals surface area (Å²) in [5.74, 6) is -0.318. The highest BCUT2D eigenvalue weighted by atomic mass is 32.1. The lowest BCUT2D eigenvalue weighted by atomic mass is 9.83. The third-order valence-electron chi connectivity index (χ3n) is 4.41. The van der Waals surface area contributed by atoms with Gasteiger partial charge < -0.3 is 10.1 Å². The lowest BCUT2D eigenvalue weighted by Gasteiger charge is -2.27. The summed E-state index contributed by atoms with van der Waals surface area (Å²) in [6.07, 6.45) is 1.79. The van der Waals surface area contributed by atoms with E-state index in [1.165, 1.54) is 0 Å². The Morgan fingerprint density at radius 1 is 1.22 bits per heavy atom. The van der Waals surface area contributed by atoms with Crippen LogP contribution >= 0.6 is 11.3 Å². The molecule has 1 aromatic carbocycles. The highest BCUT2D eigenvalue weighted by molar-refractivity contribution is 7.10. The van der Waals surface area contributed by atoms with E-state index in [-0.39, 0.29) is 11.9 Å². The first-order valence-corrected chi connectivity index (χ1v) is 8.29. The second kappa shape index (κ2) is 4.67. The molecule has 0 radical (unpaired) electrons. The van der Waals surface area contributed by atoms with Gasteiger partial charge in [-0.2, -0.15) is 0 Å². The fourth-order valence-electron chi connectivity index (χ4n) is 3.45. The van der Waals surface area contributed by atoms with E-state index < -0.39 is 0 Å². The van der Waals surface area contributed by atoms with E-state index in [9.17, 15) is 4.79 Å². The van der Waals surface area contributed by atoms with Crippen LogP contribution in [0.15, 0.2) is 59.2 Å². The summed E-state index contributed by atoms with van der Waals surface area (Å²) in [7, 11) is 0. The summed E-state index contributed by atoms with van der Waals surface area (Å²) in [6, 6.07) is 12.1. The minimum absolute atomic E-state index is 0.0934. The lowest BCUT2D eigenvalue weighted by molar-refractivity contribution is -0.136. The topological polar surface area (TPSA) is 51.2 Å². The summed E-state index contributed by atoms with van der Waals surface area (Å²) in [4.78, 5) is 17.9. The minimum atomic E-state index is -0.225. The summed E-state index contributed by atoms with van der Waals surface area (Å²) in [6.45, 7) is 0.320. The Morgan fingerprint density at radius 2 is 2.17 bits per heavy atom. The number of nitrogens with one attached hydrogen (secondary N) is 1. The second-order valence-corrected chi connectivity index (χ2v) is 6.62. The molecule has 0 bridgehead atoms. The van der Waals surface area contributed by atoms with Gasteiger partial charge in [-0.1, -0.05) is 12.1 Å². The summed E-state index contributed by atoms with van der Waals surface area (Å²) < 4.78 is 5.28. The molecule has 1 unspecified atom stereocenters. The second-order valence-electron chi connectivity index (χ2n) is 5.64. The Kier molecular flexibility index (Phi) is 2.60. The average Bonchev–Trinajstić information content (AvgIpc) is 3.23. The minimum Gasteiger partial charge on any atom is -0.456 e. The molecular weight excluding hydrogens is 308 g/mol. The number of anilines is 1. The molecule has 2 aromatic heterocycles. The number of esters is 1. The Bertz CT molecular complexity index is 976. The van der Waals surface area contributed by atoms with Crippen LogP contribution < -0.4 is 5.32 Å². The number of hydrogen-bond acceptors (Lipinski definition) is 5. The molecule has 5 rings (SSSR count). The summed E-state index contributed by atoms with van der Waals surface area (Å²) >= 11 is 1.66. The van der Waals surface area contributed by atoms with E-state index >= 15 is 0 Å². The monoisotopic (exact) mass is 320 g/mol. The first kappa shape index (κ1) is 12.8. The maximum atomic E-state index is 12.3. The molecule has 4 nitrogen and oxygen atoms in total. The molecule has 2 aliphatic rings. The van der Waals surface area contributed by atoms with Gasteiger partial charge >= 0.3 is 5.97 Å². The van der Waals surface area contributed by atoms with Crippen LogP contribution in [-0.4, -0.2) is 17.6 Å². The van der Waals surface area contributed by atoms with E-state index in [1.807, 2.05) is 29.6 Å². The van der Waals surface area contributed by atoms with Gasteiger partial charge in [-0.25, -0.2) is 4.79 Å². The van der Waals surface area contributed by atoms with Gasteiger partial charge in [-0.05, 0) is 35.2 Å². The van der Waals surface area contributed by atoms with Crippen LogP contribution in [0.25, 0.3) is 10.9 Å². The van der Waals surface area contributed by atoms with Crippen LogP contribution in [0.5, 0.6) is 0 Å². The van der Waals surface area contributed by atoms with Crippen molar-refractivity contribution in [2.75, 3.05) is 11.9 Å². The number of carbonyl (C=O) groups is 1. The van der Waals surface area contributed by atoms with Crippen molar-refractivity contribution in [2.45, 2.75) is 5.92 Å². The number of ether oxygens (including phenoxy) is 1. The third-order valence-corrected chi connectivity index (χ3v) is 5.35. The number of benzene rings is 1. The zero-order valence-electron chi connectivity index (χ0n) is 12.1. The quantitative estimate of drug-likeness (QED) is 0.695. The fourth-order valence-corrected chi connectivity index (χ4v) is 4.30. The third kappa shape index (κ3) is 1.77. The van der Waals surface area contributed by atoms with Crippen LogP contribution in [0.3, 0.4) is 0 Å². The summed E-state index contributed by atoms with van der Waals surface area (Å²) in [5.41, 5.74) is 4.68. The predicted octanol–water partition coefficient (Wildman–Crippen LogP) is 3.66. The lowest BCUT2D eigenvalue weighted by Crippen LogP contribution is -2.19. The molecule has 0 saturated heterocycles. The van der Waals surface area contributed by atoms with E-state index in [1.54, 1.807) is 17.5 Å². The first-order valence-electron chi connectivity index (χ1n) is 7.41. The van der Waals surface area contributed by atoms with E-state index in [2.05, 4.69) is 22.4 Å². The number of rotatable bonds is 1. The van der Waals surface area contributed by atoms with Gasteiger partial charge in [0.2, 0.25) is 0 Å². The van der Waals surface area contributed by atoms with Crippen molar-refractivity contribution in [1.82, 2.24) is 4.98 Å². The molecule has 5 heteroatoms. The zero-order chi connectivity index (χ0) is 15.4. The van der Waals surface area contributed by atoms with Crippen molar-refractivity contribution < 1.29 is 9.53 Å². The zero-order valence-corrected chi connectivity index (χ0v) is 12.9. The van der Waals surface area contributed by atoms with Crippen LogP contribution in [-0.2, 0) is 9.53 Å². The molecule has 3 aromatic rings. The molecule has 23 heavy (non-hydrogen) atoms. The molecule has 0 fully saturated rings. The Morgan fingerprint density at radius 3 is 3.04 bits per heavy atom. The molecule has 4 heterocycles. The van der Waals surface area contributed by atoms with Crippen molar-refractivity contribution in [3.8, 4) is 0 Å². The van der Waals surface area contributed by atoms with Gasteiger partial charge in [0, 0.05) is 22.1 Å². The van der Waals surface area contributed by atoms with E-state index in [0.717, 1.165) is 38.3 Å². The van der Waals surface area contributed by atoms with E-state index in [0.29, 0.717) is 6.61 Å². The maximum absolute atomic E-state index is 12.3. The van der Waals surface area contributed by atoms with Gasteiger partial charge in [0.1, 0.15) is 6.61 Å². The standard InChI is InChI=1S/C18H12N2O2S/c21-18-16-13(9-22-18)20-12-6-5-11-10(3-1-7-19-11)15(12)17(16)14-4-2-8-23-14/h1-8,17,20H,9H2. The highest BCUT2D eigenvalue weighted by Crippen LogP contribution is 2.47.